The quantitative estimate of drug-likeness (QED) is 0.927. The van der Waals surface area contributed by atoms with Crippen LogP contribution in [0.15, 0.2) is 17.0 Å². The molecule has 1 aliphatic rings. The lowest BCUT2D eigenvalue weighted by Crippen LogP contribution is -2.26. The molecule has 7 heteroatoms. The molecule has 1 saturated carbocycles. The number of nitrogens with two attached hydrogens (primary N) is 1. The molecule has 0 aliphatic heterocycles. The summed E-state index contributed by atoms with van der Waals surface area (Å²) in [6.45, 7) is 2.12. The summed E-state index contributed by atoms with van der Waals surface area (Å²) in [5.74, 6) is -1.89. The van der Waals surface area contributed by atoms with E-state index in [-0.39, 0.29) is 6.10 Å². The van der Waals surface area contributed by atoms with Crippen LogP contribution in [0.4, 0.5) is 8.78 Å². The number of halogens is 2. The molecule has 2 rings (SSSR count). The monoisotopic (exact) mass is 319 g/mol. The van der Waals surface area contributed by atoms with E-state index in [1.807, 2.05) is 0 Å². The summed E-state index contributed by atoms with van der Waals surface area (Å²) in [7, 11) is -4.25. The average Bonchev–Trinajstić information content (AvgIpc) is 2.41. The molecule has 0 bridgehead atoms. The molecule has 0 aromatic heterocycles. The highest BCUT2D eigenvalue weighted by atomic mass is 32.2. The first-order chi connectivity index (χ1) is 9.81. The molecule has 0 radical (unpaired) electrons. The summed E-state index contributed by atoms with van der Waals surface area (Å²) in [6, 6.07) is 1.28. The van der Waals surface area contributed by atoms with Gasteiger partial charge in [0.1, 0.15) is 10.7 Å². The number of sulfonamides is 1. The van der Waals surface area contributed by atoms with Gasteiger partial charge < -0.3 is 4.74 Å². The molecule has 0 amide bonds. The third kappa shape index (κ3) is 3.91. The van der Waals surface area contributed by atoms with Crippen molar-refractivity contribution in [2.24, 2.45) is 11.1 Å². The standard InChI is InChI=1S/C14H19F2NO3S/c1-2-9-3-5-11(6-4-9)20-14-12(16)7-10(15)8-13(14)21(17,18)19/h7-9,11H,2-6H2,1H3,(H2,17,18,19). The first-order valence-corrected chi connectivity index (χ1v) is 8.54. The number of hydrogen-bond donors (Lipinski definition) is 1. The molecular weight excluding hydrogens is 300 g/mol. The van der Waals surface area contributed by atoms with Crippen molar-refractivity contribution in [1.82, 2.24) is 0 Å². The lowest BCUT2D eigenvalue weighted by atomic mass is 9.86. The fourth-order valence-corrected chi connectivity index (χ4v) is 3.37. The van der Waals surface area contributed by atoms with Crippen LogP contribution in [-0.2, 0) is 10.0 Å². The van der Waals surface area contributed by atoms with Gasteiger partial charge in [0.25, 0.3) is 0 Å². The van der Waals surface area contributed by atoms with Gasteiger partial charge in [-0.3, -0.25) is 0 Å². The third-order valence-corrected chi connectivity index (χ3v) is 4.85. The molecule has 1 aromatic rings. The molecule has 0 heterocycles. The highest BCUT2D eigenvalue weighted by Crippen LogP contribution is 2.33. The second kappa shape index (κ2) is 6.27. The predicted molar refractivity (Wildman–Crippen MR) is 74.4 cm³/mol. The van der Waals surface area contributed by atoms with Crippen molar-refractivity contribution in [3.05, 3.63) is 23.8 Å². The first kappa shape index (κ1) is 16.2. The Kier molecular flexibility index (Phi) is 4.83. The highest BCUT2D eigenvalue weighted by molar-refractivity contribution is 7.89. The van der Waals surface area contributed by atoms with Crippen molar-refractivity contribution in [3.8, 4) is 5.75 Å². The van der Waals surface area contributed by atoms with Crippen molar-refractivity contribution in [2.75, 3.05) is 0 Å². The summed E-state index contributed by atoms with van der Waals surface area (Å²) in [5.41, 5.74) is 0. The SMILES string of the molecule is CCC1CCC(Oc2c(F)cc(F)cc2S(N)(=O)=O)CC1. The molecule has 1 aliphatic carbocycles. The van der Waals surface area contributed by atoms with Crippen LogP contribution in [0.2, 0.25) is 0 Å². The maximum atomic E-state index is 13.9. The van der Waals surface area contributed by atoms with Crippen molar-refractivity contribution >= 4 is 10.0 Å². The van der Waals surface area contributed by atoms with Crippen LogP contribution in [0.5, 0.6) is 5.75 Å². The normalized spacial score (nSPS) is 23.0. The van der Waals surface area contributed by atoms with Crippen LogP contribution in [0.1, 0.15) is 39.0 Å². The minimum absolute atomic E-state index is 0.270. The van der Waals surface area contributed by atoms with E-state index in [1.165, 1.54) is 0 Å². The fourth-order valence-electron chi connectivity index (χ4n) is 2.69. The third-order valence-electron chi connectivity index (χ3n) is 3.94. The van der Waals surface area contributed by atoms with E-state index in [9.17, 15) is 17.2 Å². The van der Waals surface area contributed by atoms with E-state index in [0.29, 0.717) is 18.1 Å². The van der Waals surface area contributed by atoms with E-state index >= 15 is 0 Å². The van der Waals surface area contributed by atoms with E-state index in [4.69, 9.17) is 9.88 Å². The molecule has 1 fully saturated rings. The number of primary sulfonamides is 1. The smallest absolute Gasteiger partial charge is 0.241 e. The van der Waals surface area contributed by atoms with Crippen molar-refractivity contribution in [3.63, 3.8) is 0 Å². The van der Waals surface area contributed by atoms with Crippen molar-refractivity contribution < 1.29 is 21.9 Å². The van der Waals surface area contributed by atoms with Crippen LogP contribution in [0.25, 0.3) is 0 Å². The van der Waals surface area contributed by atoms with Gasteiger partial charge in [-0.2, -0.15) is 0 Å². The van der Waals surface area contributed by atoms with Crippen LogP contribution in [0, 0.1) is 17.6 Å². The first-order valence-electron chi connectivity index (χ1n) is 6.99. The van der Waals surface area contributed by atoms with Crippen LogP contribution >= 0.6 is 0 Å². The number of benzene rings is 1. The van der Waals surface area contributed by atoms with E-state index < -0.39 is 32.3 Å². The van der Waals surface area contributed by atoms with Gasteiger partial charge in [0, 0.05) is 6.07 Å². The van der Waals surface area contributed by atoms with Gasteiger partial charge in [0.2, 0.25) is 10.0 Å². The average molecular weight is 319 g/mol. The van der Waals surface area contributed by atoms with Gasteiger partial charge in [-0.1, -0.05) is 13.3 Å². The minimum Gasteiger partial charge on any atom is -0.486 e. The molecule has 21 heavy (non-hydrogen) atoms. The lowest BCUT2D eigenvalue weighted by Gasteiger charge is -2.28. The van der Waals surface area contributed by atoms with E-state index in [0.717, 1.165) is 32.1 Å². The van der Waals surface area contributed by atoms with Crippen LogP contribution in [0.3, 0.4) is 0 Å². The molecule has 4 nitrogen and oxygen atoms in total. The summed E-state index contributed by atoms with van der Waals surface area (Å²) in [4.78, 5) is -0.641. The summed E-state index contributed by atoms with van der Waals surface area (Å²) in [6.07, 6.45) is 4.16. The van der Waals surface area contributed by atoms with E-state index in [1.54, 1.807) is 0 Å². The molecule has 0 saturated heterocycles. The zero-order chi connectivity index (χ0) is 15.6. The largest absolute Gasteiger partial charge is 0.486 e. The molecular formula is C14H19F2NO3S. The Bertz CT molecular complexity index is 611. The van der Waals surface area contributed by atoms with Crippen LogP contribution in [-0.4, -0.2) is 14.5 Å². The molecule has 1 aromatic carbocycles. The Morgan fingerprint density at radius 1 is 1.24 bits per heavy atom. The number of hydrogen-bond acceptors (Lipinski definition) is 3. The van der Waals surface area contributed by atoms with Gasteiger partial charge in [-0.15, -0.1) is 0 Å². The Morgan fingerprint density at radius 2 is 1.86 bits per heavy atom. The van der Waals surface area contributed by atoms with Gasteiger partial charge in [-0.25, -0.2) is 22.3 Å². The maximum Gasteiger partial charge on any atom is 0.241 e. The number of ether oxygens (including phenoxy) is 1. The Balaban J connectivity index is 2.24. The Labute approximate surface area is 123 Å². The highest BCUT2D eigenvalue weighted by Gasteiger charge is 2.26. The predicted octanol–water partition coefficient (Wildman–Crippen LogP) is 2.96. The Morgan fingerprint density at radius 3 is 2.38 bits per heavy atom. The fraction of sp³-hybridized carbons (Fsp3) is 0.571. The van der Waals surface area contributed by atoms with Gasteiger partial charge in [0.05, 0.1) is 6.10 Å². The van der Waals surface area contributed by atoms with Gasteiger partial charge >= 0.3 is 0 Å². The molecule has 0 unspecified atom stereocenters. The second-order valence-electron chi connectivity index (χ2n) is 5.43. The van der Waals surface area contributed by atoms with Gasteiger partial charge in [0.15, 0.2) is 11.6 Å². The molecule has 0 atom stereocenters. The van der Waals surface area contributed by atoms with Crippen LogP contribution < -0.4 is 9.88 Å². The van der Waals surface area contributed by atoms with Crippen molar-refractivity contribution in [2.45, 2.75) is 50.0 Å². The van der Waals surface area contributed by atoms with E-state index in [2.05, 4.69) is 6.92 Å². The minimum atomic E-state index is -4.25. The summed E-state index contributed by atoms with van der Waals surface area (Å²) in [5, 5.41) is 5.00. The molecule has 2 N–H and O–H groups in total. The zero-order valence-corrected chi connectivity index (χ0v) is 12.6. The molecule has 118 valence electrons. The van der Waals surface area contributed by atoms with Crippen molar-refractivity contribution in [1.29, 1.82) is 0 Å². The van der Waals surface area contributed by atoms with Gasteiger partial charge in [-0.05, 0) is 37.7 Å². The topological polar surface area (TPSA) is 69.4 Å². The second-order valence-corrected chi connectivity index (χ2v) is 6.96. The zero-order valence-electron chi connectivity index (χ0n) is 11.8. The number of rotatable bonds is 4. The maximum absolute atomic E-state index is 13.9. The molecule has 0 spiro atoms. The lowest BCUT2D eigenvalue weighted by molar-refractivity contribution is 0.121. The Hall–Kier alpha value is -1.21. The summed E-state index contributed by atoms with van der Waals surface area (Å²) >= 11 is 0. The summed E-state index contributed by atoms with van der Waals surface area (Å²) < 4.78 is 55.5.